The minimum absolute atomic E-state index is 0.592. The maximum Gasteiger partial charge on any atom is 0.152 e. The van der Waals surface area contributed by atoms with Crippen LogP contribution < -0.4 is 5.32 Å². The molecule has 0 amide bonds. The van der Waals surface area contributed by atoms with Crippen molar-refractivity contribution in [1.29, 1.82) is 5.26 Å². The Kier molecular flexibility index (Phi) is 2.93. The molecule has 1 aromatic heterocycles. The van der Waals surface area contributed by atoms with Crippen molar-refractivity contribution in [1.82, 2.24) is 9.78 Å². The zero-order valence-corrected chi connectivity index (χ0v) is 10.2. The minimum atomic E-state index is 0.592. The molecule has 0 atom stereocenters. The standard InChI is InChI=1S/C11H9BrN4/c1-16-5-4-11(15-16)14-10-6-9(12)3-2-8(10)7-13/h2-6H,1H3,(H,14,15). The number of hydrogen-bond donors (Lipinski definition) is 1. The number of nitrogens with one attached hydrogen (secondary N) is 1. The summed E-state index contributed by atoms with van der Waals surface area (Å²) in [5.74, 6) is 0.720. The molecular formula is C11H9BrN4. The number of hydrogen-bond acceptors (Lipinski definition) is 3. The molecule has 0 aliphatic heterocycles. The smallest absolute Gasteiger partial charge is 0.152 e. The van der Waals surface area contributed by atoms with Gasteiger partial charge in [0, 0.05) is 23.8 Å². The van der Waals surface area contributed by atoms with Gasteiger partial charge in [-0.1, -0.05) is 15.9 Å². The van der Waals surface area contributed by atoms with Gasteiger partial charge in [-0.3, -0.25) is 4.68 Å². The lowest BCUT2D eigenvalue weighted by molar-refractivity contribution is 0.771. The molecule has 2 rings (SSSR count). The first-order valence-electron chi connectivity index (χ1n) is 4.65. The molecule has 0 bridgehead atoms. The van der Waals surface area contributed by atoms with E-state index in [0.29, 0.717) is 5.56 Å². The van der Waals surface area contributed by atoms with Crippen LogP contribution in [0.5, 0.6) is 0 Å². The molecule has 0 spiro atoms. The Labute approximate surface area is 102 Å². The van der Waals surface area contributed by atoms with Gasteiger partial charge in [-0.15, -0.1) is 0 Å². The topological polar surface area (TPSA) is 53.6 Å². The predicted octanol–water partition coefficient (Wildman–Crippen LogP) is 2.80. The summed E-state index contributed by atoms with van der Waals surface area (Å²) in [6, 6.07) is 9.43. The van der Waals surface area contributed by atoms with Crippen LogP contribution in [0.2, 0.25) is 0 Å². The van der Waals surface area contributed by atoms with Gasteiger partial charge in [-0.25, -0.2) is 0 Å². The Hall–Kier alpha value is -1.80. The highest BCUT2D eigenvalue weighted by atomic mass is 79.9. The number of aryl methyl sites for hydroxylation is 1. The molecule has 2 aromatic rings. The summed E-state index contributed by atoms with van der Waals surface area (Å²) in [5, 5.41) is 16.3. The van der Waals surface area contributed by atoms with Crippen LogP contribution in [-0.4, -0.2) is 9.78 Å². The van der Waals surface area contributed by atoms with Crippen LogP contribution in [0, 0.1) is 11.3 Å². The Morgan fingerprint density at radius 1 is 1.44 bits per heavy atom. The van der Waals surface area contributed by atoms with Crippen LogP contribution in [0.3, 0.4) is 0 Å². The number of benzene rings is 1. The summed E-state index contributed by atoms with van der Waals surface area (Å²) >= 11 is 3.37. The van der Waals surface area contributed by atoms with Crippen molar-refractivity contribution >= 4 is 27.4 Å². The number of anilines is 2. The third-order valence-electron chi connectivity index (χ3n) is 2.08. The Balaban J connectivity index is 2.34. The van der Waals surface area contributed by atoms with Crippen molar-refractivity contribution in [2.45, 2.75) is 0 Å². The van der Waals surface area contributed by atoms with Crippen molar-refractivity contribution in [3.8, 4) is 6.07 Å². The van der Waals surface area contributed by atoms with Gasteiger partial charge in [0.25, 0.3) is 0 Å². The lowest BCUT2D eigenvalue weighted by Gasteiger charge is -2.05. The van der Waals surface area contributed by atoms with Gasteiger partial charge in [0.05, 0.1) is 11.3 Å². The zero-order valence-electron chi connectivity index (χ0n) is 8.61. The van der Waals surface area contributed by atoms with Crippen molar-refractivity contribution in [3.05, 3.63) is 40.5 Å². The first-order chi connectivity index (χ1) is 7.69. The van der Waals surface area contributed by atoms with Crippen LogP contribution in [0.15, 0.2) is 34.9 Å². The second-order valence-electron chi connectivity index (χ2n) is 3.30. The maximum atomic E-state index is 8.96. The van der Waals surface area contributed by atoms with Gasteiger partial charge < -0.3 is 5.32 Å². The first-order valence-corrected chi connectivity index (χ1v) is 5.44. The highest BCUT2D eigenvalue weighted by molar-refractivity contribution is 9.10. The second kappa shape index (κ2) is 4.37. The molecule has 0 fully saturated rings. The summed E-state index contributed by atoms with van der Waals surface area (Å²) in [6.45, 7) is 0. The molecule has 0 aliphatic rings. The highest BCUT2D eigenvalue weighted by Gasteiger charge is 2.04. The average molecular weight is 277 g/mol. The fraction of sp³-hybridized carbons (Fsp3) is 0.0909. The molecular weight excluding hydrogens is 268 g/mol. The van der Waals surface area contributed by atoms with Crippen LogP contribution in [0.4, 0.5) is 11.5 Å². The molecule has 0 saturated carbocycles. The van der Waals surface area contributed by atoms with E-state index in [1.807, 2.05) is 31.4 Å². The van der Waals surface area contributed by atoms with Gasteiger partial charge in [0.1, 0.15) is 6.07 Å². The Bertz CT molecular complexity index is 553. The SMILES string of the molecule is Cn1ccc(Nc2cc(Br)ccc2C#N)n1. The number of aromatic nitrogens is 2. The zero-order chi connectivity index (χ0) is 11.5. The van der Waals surface area contributed by atoms with E-state index in [1.54, 1.807) is 10.7 Å². The van der Waals surface area contributed by atoms with E-state index in [0.717, 1.165) is 16.0 Å². The van der Waals surface area contributed by atoms with E-state index in [1.165, 1.54) is 0 Å². The molecule has 5 heteroatoms. The van der Waals surface area contributed by atoms with Crippen LogP contribution in [0.25, 0.3) is 0 Å². The van der Waals surface area contributed by atoms with E-state index < -0.39 is 0 Å². The third kappa shape index (κ3) is 2.23. The lowest BCUT2D eigenvalue weighted by Crippen LogP contribution is -1.96. The fourth-order valence-electron chi connectivity index (χ4n) is 1.34. The molecule has 1 heterocycles. The molecule has 16 heavy (non-hydrogen) atoms. The predicted molar refractivity (Wildman–Crippen MR) is 65.3 cm³/mol. The minimum Gasteiger partial charge on any atom is -0.338 e. The molecule has 0 saturated heterocycles. The fourth-order valence-corrected chi connectivity index (χ4v) is 1.70. The molecule has 0 radical (unpaired) electrons. The molecule has 1 N–H and O–H groups in total. The van der Waals surface area contributed by atoms with E-state index in [2.05, 4.69) is 32.4 Å². The Morgan fingerprint density at radius 3 is 2.88 bits per heavy atom. The molecule has 80 valence electrons. The molecule has 4 nitrogen and oxygen atoms in total. The van der Waals surface area contributed by atoms with Crippen LogP contribution >= 0.6 is 15.9 Å². The number of nitriles is 1. The van der Waals surface area contributed by atoms with Gasteiger partial charge in [0.15, 0.2) is 5.82 Å². The second-order valence-corrected chi connectivity index (χ2v) is 4.22. The van der Waals surface area contributed by atoms with Gasteiger partial charge in [-0.05, 0) is 18.2 Å². The summed E-state index contributed by atoms with van der Waals surface area (Å²) in [4.78, 5) is 0. The van der Waals surface area contributed by atoms with Gasteiger partial charge >= 0.3 is 0 Å². The summed E-state index contributed by atoms with van der Waals surface area (Å²) in [6.07, 6.45) is 1.84. The van der Waals surface area contributed by atoms with E-state index in [9.17, 15) is 0 Å². The number of rotatable bonds is 2. The van der Waals surface area contributed by atoms with E-state index in [-0.39, 0.29) is 0 Å². The number of halogens is 1. The number of nitrogens with zero attached hydrogens (tertiary/aromatic N) is 3. The molecule has 0 aliphatic carbocycles. The average Bonchev–Trinajstić information content (AvgIpc) is 2.64. The van der Waals surface area contributed by atoms with Crippen LogP contribution in [-0.2, 0) is 7.05 Å². The Morgan fingerprint density at radius 2 is 2.25 bits per heavy atom. The highest BCUT2D eigenvalue weighted by Crippen LogP contribution is 2.23. The van der Waals surface area contributed by atoms with Crippen molar-refractivity contribution in [3.63, 3.8) is 0 Å². The molecule has 0 unspecified atom stereocenters. The first kappa shape index (κ1) is 10.7. The van der Waals surface area contributed by atoms with Gasteiger partial charge in [0.2, 0.25) is 0 Å². The maximum absolute atomic E-state index is 8.96. The largest absolute Gasteiger partial charge is 0.338 e. The monoisotopic (exact) mass is 276 g/mol. The van der Waals surface area contributed by atoms with Crippen molar-refractivity contribution in [2.75, 3.05) is 5.32 Å². The normalized spacial score (nSPS) is 9.81. The summed E-state index contributed by atoms with van der Waals surface area (Å²) in [7, 11) is 1.84. The third-order valence-corrected chi connectivity index (χ3v) is 2.57. The van der Waals surface area contributed by atoms with Crippen molar-refractivity contribution < 1.29 is 0 Å². The van der Waals surface area contributed by atoms with Crippen molar-refractivity contribution in [2.24, 2.45) is 7.05 Å². The summed E-state index contributed by atoms with van der Waals surface area (Å²) in [5.41, 5.74) is 1.34. The van der Waals surface area contributed by atoms with E-state index in [4.69, 9.17) is 5.26 Å². The van der Waals surface area contributed by atoms with Crippen LogP contribution in [0.1, 0.15) is 5.56 Å². The quantitative estimate of drug-likeness (QED) is 0.918. The van der Waals surface area contributed by atoms with E-state index >= 15 is 0 Å². The van der Waals surface area contributed by atoms with Gasteiger partial charge in [-0.2, -0.15) is 10.4 Å². The summed E-state index contributed by atoms with van der Waals surface area (Å²) < 4.78 is 2.62. The molecule has 1 aromatic carbocycles. The lowest BCUT2D eigenvalue weighted by atomic mass is 10.2.